The van der Waals surface area contributed by atoms with Gasteiger partial charge in [0.15, 0.2) is 0 Å². The second-order valence-electron chi connectivity index (χ2n) is 13.6. The first kappa shape index (κ1) is 31.7. The molecule has 0 aliphatic heterocycles. The maximum absolute atomic E-state index is 13.9. The van der Waals surface area contributed by atoms with Crippen LogP contribution in [0.2, 0.25) is 0 Å². The normalized spacial score (nSPS) is 38.4. The Morgan fingerprint density at radius 3 is 2.02 bits per heavy atom. The van der Waals surface area contributed by atoms with Crippen molar-refractivity contribution in [3.8, 4) is 0 Å². The average Bonchev–Trinajstić information content (AvgIpc) is 3.18. The van der Waals surface area contributed by atoms with Crippen LogP contribution in [0.3, 0.4) is 0 Å². The first-order valence-corrected chi connectivity index (χ1v) is 15.2. The molecule has 0 N–H and O–H groups in total. The summed E-state index contributed by atoms with van der Waals surface area (Å²) in [5, 5.41) is 0. The summed E-state index contributed by atoms with van der Waals surface area (Å²) < 4.78 is 24.5. The van der Waals surface area contributed by atoms with E-state index in [1.165, 1.54) is 26.8 Å². The van der Waals surface area contributed by atoms with Gasteiger partial charge >= 0.3 is 23.9 Å². The van der Waals surface area contributed by atoms with Crippen LogP contribution in [0, 0.1) is 33.5 Å². The second-order valence-corrected chi connectivity index (χ2v) is 13.6. The van der Waals surface area contributed by atoms with E-state index in [9.17, 15) is 24.0 Å². The zero-order valence-electron chi connectivity index (χ0n) is 26.5. The van der Waals surface area contributed by atoms with Crippen LogP contribution in [0.4, 0.5) is 0 Å². The second kappa shape index (κ2) is 10.7. The largest absolute Gasteiger partial charge is 0.461 e. The molecule has 4 fully saturated rings. The third kappa shape index (κ3) is 4.07. The predicted octanol–water partition coefficient (Wildman–Crippen LogP) is 5.01. The van der Waals surface area contributed by atoms with Crippen molar-refractivity contribution in [2.45, 2.75) is 92.1 Å². The number of esters is 4. The van der Waals surface area contributed by atoms with Gasteiger partial charge in [0.2, 0.25) is 0 Å². The molecule has 0 heterocycles. The Bertz CT molecular complexity index is 1440. The van der Waals surface area contributed by atoms with Crippen molar-refractivity contribution in [3.05, 3.63) is 54.1 Å². The molecule has 4 aliphatic rings. The molecule has 2 spiro atoms. The maximum atomic E-state index is 13.9. The van der Waals surface area contributed by atoms with Crippen molar-refractivity contribution in [1.82, 2.24) is 0 Å². The van der Waals surface area contributed by atoms with E-state index in [-0.39, 0.29) is 12.2 Å². The summed E-state index contributed by atoms with van der Waals surface area (Å²) in [7, 11) is 0. The fourth-order valence-electron chi connectivity index (χ4n) is 10.2. The van der Waals surface area contributed by atoms with Gasteiger partial charge in [-0.15, -0.1) is 0 Å². The molecule has 0 aromatic heterocycles. The van der Waals surface area contributed by atoms with E-state index in [4.69, 9.17) is 18.9 Å². The Morgan fingerprint density at radius 1 is 0.864 bits per heavy atom. The highest BCUT2D eigenvalue weighted by Gasteiger charge is 2.92. The van der Waals surface area contributed by atoms with Crippen molar-refractivity contribution in [2.24, 2.45) is 33.5 Å². The van der Waals surface area contributed by atoms with E-state index in [2.05, 4.69) is 6.58 Å². The molecule has 0 radical (unpaired) electrons. The Hall–Kier alpha value is -3.75. The number of rotatable bonds is 6. The molecule has 9 heteroatoms. The third-order valence-electron chi connectivity index (χ3n) is 11.4. The van der Waals surface area contributed by atoms with Gasteiger partial charge in [0.05, 0.1) is 5.41 Å². The van der Waals surface area contributed by atoms with E-state index >= 15 is 0 Å². The van der Waals surface area contributed by atoms with Crippen molar-refractivity contribution >= 4 is 35.7 Å². The highest BCUT2D eigenvalue weighted by atomic mass is 16.6. The van der Waals surface area contributed by atoms with Gasteiger partial charge in [-0.1, -0.05) is 64.6 Å². The number of ketones is 1. The summed E-state index contributed by atoms with van der Waals surface area (Å²) in [6, 6.07) is 9.34. The average molecular weight is 607 g/mol. The van der Waals surface area contributed by atoms with Crippen LogP contribution in [0.25, 0.3) is 6.08 Å². The highest BCUT2D eigenvalue weighted by Crippen LogP contribution is 2.86. The van der Waals surface area contributed by atoms with Crippen LogP contribution >= 0.6 is 0 Å². The SMILES string of the molecule is C=C1[C@@H](OC(=O)/C=C\c2ccccc2)CC[C@@]2(C)[C@@H](OC(C)=O)[C@H](OC(C)=O)[C@@]34[C@H](C)C(=O)C[C@@H]([C@@H](OC(C)=O)[C@@]132)C4(C)C. The van der Waals surface area contributed by atoms with Gasteiger partial charge < -0.3 is 18.9 Å². The van der Waals surface area contributed by atoms with Crippen molar-refractivity contribution in [3.63, 3.8) is 0 Å². The number of carbonyl (C=O) groups is 5. The standard InChI is InChI=1S/C35H42O9/c1-19-26(39)18-25-29(41-21(3)36)35-20(2)27(44-28(40)15-14-24-12-10-9-11-13-24)16-17-33(35,8)30(42-22(4)37)31(43-23(5)38)34(19,35)32(25,6)7/h9-15,19,25,27,29-31H,2,16-18H2,1,3-8H3/b15-14-/t19-,25+,27+,29-,30+,31+,33+,34-,35-/m1/s1. The first-order valence-electron chi connectivity index (χ1n) is 15.2. The zero-order chi connectivity index (χ0) is 32.4. The molecule has 4 saturated carbocycles. The van der Waals surface area contributed by atoms with Crippen LogP contribution in [-0.2, 0) is 42.9 Å². The van der Waals surface area contributed by atoms with Crippen LogP contribution in [0.5, 0.6) is 0 Å². The van der Waals surface area contributed by atoms with Crippen molar-refractivity contribution in [2.75, 3.05) is 0 Å². The molecule has 236 valence electrons. The number of fused-ring (bicyclic) bond motifs is 1. The molecule has 44 heavy (non-hydrogen) atoms. The van der Waals surface area contributed by atoms with E-state index in [0.717, 1.165) is 5.56 Å². The molecule has 1 aromatic carbocycles. The minimum Gasteiger partial charge on any atom is -0.461 e. The summed E-state index contributed by atoms with van der Waals surface area (Å²) in [5.41, 5.74) is -2.97. The summed E-state index contributed by atoms with van der Waals surface area (Å²) in [6.45, 7) is 16.2. The summed E-state index contributed by atoms with van der Waals surface area (Å²) in [5.74, 6) is -3.51. The van der Waals surface area contributed by atoms with E-state index in [1.807, 2.05) is 58.0 Å². The van der Waals surface area contributed by atoms with Crippen molar-refractivity contribution in [1.29, 1.82) is 0 Å². The third-order valence-corrected chi connectivity index (χ3v) is 11.4. The monoisotopic (exact) mass is 606 g/mol. The molecule has 0 unspecified atom stereocenters. The number of hydrogen-bond donors (Lipinski definition) is 0. The van der Waals surface area contributed by atoms with Crippen LogP contribution in [-0.4, -0.2) is 54.1 Å². The molecule has 5 rings (SSSR count). The van der Waals surface area contributed by atoms with E-state index in [1.54, 1.807) is 6.08 Å². The molecule has 0 saturated heterocycles. The quantitative estimate of drug-likeness (QED) is 0.190. The van der Waals surface area contributed by atoms with E-state index < -0.39 is 81.8 Å². The van der Waals surface area contributed by atoms with Gasteiger partial charge in [-0.3, -0.25) is 19.2 Å². The van der Waals surface area contributed by atoms with Crippen molar-refractivity contribution < 1.29 is 42.9 Å². The summed E-state index contributed by atoms with van der Waals surface area (Å²) in [6.07, 6.45) is 0.113. The molecule has 1 aromatic rings. The molecule has 9 atom stereocenters. The number of carbonyl (C=O) groups excluding carboxylic acids is 5. The Balaban J connectivity index is 1.73. The highest BCUT2D eigenvalue weighted by molar-refractivity contribution is 5.88. The Kier molecular flexibility index (Phi) is 7.70. The lowest BCUT2D eigenvalue weighted by molar-refractivity contribution is -0.194. The zero-order valence-corrected chi connectivity index (χ0v) is 26.5. The smallest absolute Gasteiger partial charge is 0.331 e. The Labute approximate surface area is 258 Å². The molecule has 4 aliphatic carbocycles. The van der Waals surface area contributed by atoms with Gasteiger partial charge in [0, 0.05) is 55.9 Å². The van der Waals surface area contributed by atoms with Gasteiger partial charge in [-0.05, 0) is 35.5 Å². The fraction of sp³-hybridized carbons (Fsp3) is 0.571. The maximum Gasteiger partial charge on any atom is 0.331 e. The topological polar surface area (TPSA) is 122 Å². The summed E-state index contributed by atoms with van der Waals surface area (Å²) >= 11 is 0. The molecule has 9 nitrogen and oxygen atoms in total. The fourth-order valence-corrected chi connectivity index (χ4v) is 10.2. The van der Waals surface area contributed by atoms with Crippen LogP contribution in [0.15, 0.2) is 48.6 Å². The minimum absolute atomic E-state index is 0.0657. The lowest BCUT2D eigenvalue weighted by Crippen LogP contribution is -2.63. The summed E-state index contributed by atoms with van der Waals surface area (Å²) in [4.78, 5) is 65.4. The van der Waals surface area contributed by atoms with Gasteiger partial charge in [-0.2, -0.15) is 0 Å². The Morgan fingerprint density at radius 2 is 1.43 bits per heavy atom. The molecular weight excluding hydrogens is 564 g/mol. The van der Waals surface area contributed by atoms with Gasteiger partial charge in [0.25, 0.3) is 0 Å². The van der Waals surface area contributed by atoms with Gasteiger partial charge in [0.1, 0.15) is 30.2 Å². The number of Topliss-reactive ketones (excluding diaryl/α,β-unsaturated/α-hetero) is 1. The van der Waals surface area contributed by atoms with Crippen LogP contribution < -0.4 is 0 Å². The molecule has 2 bridgehead atoms. The molecule has 0 amide bonds. The minimum atomic E-state index is -1.27. The lowest BCUT2D eigenvalue weighted by Gasteiger charge is -2.60. The number of hydrogen-bond acceptors (Lipinski definition) is 9. The predicted molar refractivity (Wildman–Crippen MR) is 159 cm³/mol. The van der Waals surface area contributed by atoms with Crippen LogP contribution in [0.1, 0.15) is 73.3 Å². The lowest BCUT2D eigenvalue weighted by atomic mass is 9.42. The van der Waals surface area contributed by atoms with Gasteiger partial charge in [-0.25, -0.2) is 4.79 Å². The number of ether oxygens (including phenoxy) is 4. The first-order chi connectivity index (χ1) is 20.6. The molecular formula is C35H42O9. The van der Waals surface area contributed by atoms with E-state index in [0.29, 0.717) is 18.4 Å². The number of benzene rings is 1.